The molecular formula is C14H21FN2O2. The van der Waals surface area contributed by atoms with Crippen molar-refractivity contribution < 1.29 is 13.9 Å². The second-order valence-electron chi connectivity index (χ2n) is 4.90. The summed E-state index contributed by atoms with van der Waals surface area (Å²) in [7, 11) is 1.49. The Kier molecular flexibility index (Phi) is 5.30. The summed E-state index contributed by atoms with van der Waals surface area (Å²) in [5, 5.41) is 5.40. The molecule has 0 radical (unpaired) electrons. The number of benzene rings is 1. The van der Waals surface area contributed by atoms with Gasteiger partial charge in [0.1, 0.15) is 11.4 Å². The van der Waals surface area contributed by atoms with Crippen LogP contribution in [0.25, 0.3) is 0 Å². The third-order valence-corrected chi connectivity index (χ3v) is 2.90. The molecule has 0 aliphatic rings. The van der Waals surface area contributed by atoms with Gasteiger partial charge in [0.2, 0.25) is 0 Å². The van der Waals surface area contributed by atoms with Gasteiger partial charge >= 0.3 is 6.03 Å². The molecule has 1 aromatic rings. The number of urea groups is 1. The van der Waals surface area contributed by atoms with Gasteiger partial charge in [-0.25, -0.2) is 9.18 Å². The smallest absolute Gasteiger partial charge is 0.315 e. The van der Waals surface area contributed by atoms with Crippen molar-refractivity contribution in [2.45, 2.75) is 32.4 Å². The van der Waals surface area contributed by atoms with Gasteiger partial charge in [0.15, 0.2) is 0 Å². The molecule has 19 heavy (non-hydrogen) atoms. The Morgan fingerprint density at radius 2 is 2.05 bits per heavy atom. The third-order valence-electron chi connectivity index (χ3n) is 2.90. The van der Waals surface area contributed by atoms with Crippen molar-refractivity contribution in [2.24, 2.45) is 0 Å². The van der Waals surface area contributed by atoms with E-state index in [0.717, 1.165) is 0 Å². The molecule has 1 atom stereocenters. The zero-order valence-electron chi connectivity index (χ0n) is 11.8. The van der Waals surface area contributed by atoms with Crippen LogP contribution in [0.4, 0.5) is 9.18 Å². The fourth-order valence-corrected chi connectivity index (χ4v) is 1.73. The van der Waals surface area contributed by atoms with Gasteiger partial charge in [-0.2, -0.15) is 0 Å². The van der Waals surface area contributed by atoms with E-state index in [1.165, 1.54) is 13.2 Å². The lowest BCUT2D eigenvalue weighted by Gasteiger charge is -2.29. The molecule has 0 saturated carbocycles. The van der Waals surface area contributed by atoms with E-state index in [1.54, 1.807) is 25.1 Å². The number of hydrogen-bond acceptors (Lipinski definition) is 2. The minimum atomic E-state index is -0.903. The molecule has 0 spiro atoms. The van der Waals surface area contributed by atoms with Gasteiger partial charge in [-0.15, -0.1) is 0 Å². The Hall–Kier alpha value is -1.62. The molecule has 0 aliphatic carbocycles. The average Bonchev–Trinajstić information content (AvgIpc) is 2.36. The van der Waals surface area contributed by atoms with E-state index in [4.69, 9.17) is 4.74 Å². The topological polar surface area (TPSA) is 50.4 Å². The minimum Gasteiger partial charge on any atom is -0.372 e. The Morgan fingerprint density at radius 1 is 1.42 bits per heavy atom. The summed E-state index contributed by atoms with van der Waals surface area (Å²) in [6, 6.07) is 6.14. The van der Waals surface area contributed by atoms with E-state index in [0.29, 0.717) is 5.56 Å². The molecule has 2 amide bonds. The molecule has 0 aliphatic heterocycles. The van der Waals surface area contributed by atoms with Crippen molar-refractivity contribution in [3.63, 3.8) is 0 Å². The van der Waals surface area contributed by atoms with Crippen molar-refractivity contribution in [1.82, 2.24) is 10.6 Å². The molecule has 1 aromatic carbocycles. The van der Waals surface area contributed by atoms with Crippen molar-refractivity contribution >= 4 is 6.03 Å². The number of ether oxygens (including phenoxy) is 1. The maximum Gasteiger partial charge on any atom is 0.315 e. The highest BCUT2D eigenvalue weighted by Crippen LogP contribution is 2.26. The predicted octanol–water partition coefficient (Wildman–Crippen LogP) is 2.39. The molecule has 0 fully saturated rings. The van der Waals surface area contributed by atoms with Crippen LogP contribution < -0.4 is 10.6 Å². The highest BCUT2D eigenvalue weighted by Gasteiger charge is 2.29. The van der Waals surface area contributed by atoms with Gasteiger partial charge < -0.3 is 15.4 Å². The lowest BCUT2D eigenvalue weighted by Crippen LogP contribution is -2.46. The van der Waals surface area contributed by atoms with Crippen LogP contribution in [0.3, 0.4) is 0 Å². The van der Waals surface area contributed by atoms with Crippen LogP contribution in [0.15, 0.2) is 24.3 Å². The molecule has 0 heterocycles. The summed E-state index contributed by atoms with van der Waals surface area (Å²) in [6.07, 6.45) is 0. The maximum atomic E-state index is 13.8. The monoisotopic (exact) mass is 268 g/mol. The molecule has 0 bridgehead atoms. The van der Waals surface area contributed by atoms with Crippen molar-refractivity contribution in [1.29, 1.82) is 0 Å². The van der Waals surface area contributed by atoms with E-state index in [2.05, 4.69) is 10.6 Å². The van der Waals surface area contributed by atoms with Gasteiger partial charge in [0.25, 0.3) is 0 Å². The van der Waals surface area contributed by atoms with Gasteiger partial charge in [-0.3, -0.25) is 0 Å². The Labute approximate surface area is 113 Å². The summed E-state index contributed by atoms with van der Waals surface area (Å²) in [4.78, 5) is 11.6. The first-order valence-corrected chi connectivity index (χ1v) is 6.23. The lowest BCUT2D eigenvalue weighted by molar-refractivity contribution is 0.00199. The molecule has 4 nitrogen and oxygen atoms in total. The minimum absolute atomic E-state index is 0.0438. The van der Waals surface area contributed by atoms with Gasteiger partial charge in [0.05, 0.1) is 6.54 Å². The van der Waals surface area contributed by atoms with E-state index < -0.39 is 5.60 Å². The van der Waals surface area contributed by atoms with Crippen LogP contribution in [-0.4, -0.2) is 25.7 Å². The first-order valence-electron chi connectivity index (χ1n) is 6.23. The average molecular weight is 268 g/mol. The largest absolute Gasteiger partial charge is 0.372 e. The van der Waals surface area contributed by atoms with Crippen LogP contribution >= 0.6 is 0 Å². The predicted molar refractivity (Wildman–Crippen MR) is 72.4 cm³/mol. The van der Waals surface area contributed by atoms with E-state index in [9.17, 15) is 9.18 Å². The van der Waals surface area contributed by atoms with Crippen LogP contribution in [0, 0.1) is 5.82 Å². The van der Waals surface area contributed by atoms with Crippen LogP contribution in [0.5, 0.6) is 0 Å². The number of nitrogens with one attached hydrogen (secondary N) is 2. The molecule has 1 rings (SSSR count). The lowest BCUT2D eigenvalue weighted by atomic mass is 9.95. The number of carbonyl (C=O) groups is 1. The SMILES string of the molecule is COC(C)(CNC(=O)NC(C)C)c1ccccc1F. The number of carbonyl (C=O) groups excluding carboxylic acids is 1. The zero-order chi connectivity index (χ0) is 14.5. The fourth-order valence-electron chi connectivity index (χ4n) is 1.73. The maximum absolute atomic E-state index is 13.8. The Balaban J connectivity index is 2.76. The summed E-state index contributed by atoms with van der Waals surface area (Å²) in [5.74, 6) is -0.349. The second-order valence-corrected chi connectivity index (χ2v) is 4.90. The zero-order valence-corrected chi connectivity index (χ0v) is 11.8. The molecule has 5 heteroatoms. The molecule has 0 aromatic heterocycles. The van der Waals surface area contributed by atoms with E-state index in [1.807, 2.05) is 13.8 Å². The standard InChI is InChI=1S/C14H21FN2O2/c1-10(2)17-13(18)16-9-14(3,19-4)11-7-5-6-8-12(11)15/h5-8,10H,9H2,1-4H3,(H2,16,17,18). The van der Waals surface area contributed by atoms with Gasteiger partial charge in [-0.1, -0.05) is 18.2 Å². The summed E-state index contributed by atoms with van der Waals surface area (Å²) >= 11 is 0. The van der Waals surface area contributed by atoms with Gasteiger partial charge in [-0.05, 0) is 26.8 Å². The number of halogens is 1. The van der Waals surface area contributed by atoms with Crippen LogP contribution in [0.1, 0.15) is 26.3 Å². The Morgan fingerprint density at radius 3 is 2.58 bits per heavy atom. The first-order chi connectivity index (χ1) is 8.89. The number of methoxy groups -OCH3 is 1. The van der Waals surface area contributed by atoms with Gasteiger partial charge in [0, 0.05) is 18.7 Å². The number of amides is 2. The first kappa shape index (κ1) is 15.4. The number of hydrogen-bond donors (Lipinski definition) is 2. The third kappa shape index (κ3) is 4.21. The van der Waals surface area contributed by atoms with Crippen molar-refractivity contribution in [3.05, 3.63) is 35.6 Å². The highest BCUT2D eigenvalue weighted by molar-refractivity contribution is 5.74. The quantitative estimate of drug-likeness (QED) is 0.861. The molecular weight excluding hydrogens is 247 g/mol. The second kappa shape index (κ2) is 6.52. The summed E-state index contributed by atoms with van der Waals surface area (Å²) in [5.41, 5.74) is -0.484. The van der Waals surface area contributed by atoms with Crippen molar-refractivity contribution in [2.75, 3.05) is 13.7 Å². The highest BCUT2D eigenvalue weighted by atomic mass is 19.1. The molecule has 106 valence electrons. The Bertz CT molecular complexity index is 437. The van der Waals surface area contributed by atoms with E-state index >= 15 is 0 Å². The fraction of sp³-hybridized carbons (Fsp3) is 0.500. The summed E-state index contributed by atoms with van der Waals surface area (Å²) < 4.78 is 19.2. The number of rotatable bonds is 5. The molecule has 1 unspecified atom stereocenters. The molecule has 0 saturated heterocycles. The van der Waals surface area contributed by atoms with E-state index in [-0.39, 0.29) is 24.4 Å². The summed E-state index contributed by atoms with van der Waals surface area (Å²) in [6.45, 7) is 5.65. The molecule has 2 N–H and O–H groups in total. The van der Waals surface area contributed by atoms with Crippen LogP contribution in [0.2, 0.25) is 0 Å². The normalized spacial score (nSPS) is 14.0. The van der Waals surface area contributed by atoms with Crippen LogP contribution in [-0.2, 0) is 10.3 Å². The van der Waals surface area contributed by atoms with Crippen molar-refractivity contribution in [3.8, 4) is 0 Å².